The van der Waals surface area contributed by atoms with E-state index in [1.807, 2.05) is 0 Å². The smallest absolute Gasteiger partial charge is 0.314 e. The van der Waals surface area contributed by atoms with Crippen LogP contribution in [0.1, 0.15) is 11.7 Å². The van der Waals surface area contributed by atoms with Crippen LogP contribution < -0.4 is 4.74 Å². The molecule has 0 amide bonds. The highest BCUT2D eigenvalue weighted by atomic mass is 19.1. The van der Waals surface area contributed by atoms with Crippen LogP contribution in [-0.4, -0.2) is 16.6 Å². The first-order valence-corrected chi connectivity index (χ1v) is 5.88. The van der Waals surface area contributed by atoms with Gasteiger partial charge in [0.05, 0.1) is 4.92 Å². The van der Waals surface area contributed by atoms with E-state index >= 15 is 0 Å². The third-order valence-corrected chi connectivity index (χ3v) is 2.71. The summed E-state index contributed by atoms with van der Waals surface area (Å²) >= 11 is 0. The lowest BCUT2D eigenvalue weighted by Gasteiger charge is -2.13. The molecule has 0 spiro atoms. The molecule has 0 radical (unpaired) electrons. The Hall–Kier alpha value is -2.47. The molecule has 2 rings (SSSR count). The molecule has 1 N–H and O–H groups in total. The topological polar surface area (TPSA) is 72.6 Å². The van der Waals surface area contributed by atoms with E-state index in [1.165, 1.54) is 6.07 Å². The van der Waals surface area contributed by atoms with Crippen molar-refractivity contribution in [2.45, 2.75) is 6.10 Å². The first-order valence-electron chi connectivity index (χ1n) is 5.88. The zero-order valence-corrected chi connectivity index (χ0v) is 10.4. The predicted molar refractivity (Wildman–Crippen MR) is 70.0 cm³/mol. The van der Waals surface area contributed by atoms with Crippen molar-refractivity contribution < 1.29 is 19.2 Å². The van der Waals surface area contributed by atoms with Gasteiger partial charge in [-0.25, -0.2) is 4.39 Å². The van der Waals surface area contributed by atoms with Gasteiger partial charge in [-0.1, -0.05) is 36.4 Å². The normalized spacial score (nSPS) is 11.9. The van der Waals surface area contributed by atoms with Crippen molar-refractivity contribution in [2.75, 3.05) is 6.61 Å². The molecular weight excluding hydrogens is 265 g/mol. The number of aliphatic hydroxyl groups is 1. The first kappa shape index (κ1) is 14.0. The molecule has 1 unspecified atom stereocenters. The van der Waals surface area contributed by atoms with Crippen LogP contribution in [0.25, 0.3) is 0 Å². The van der Waals surface area contributed by atoms with Gasteiger partial charge >= 0.3 is 5.69 Å². The third kappa shape index (κ3) is 3.10. The van der Waals surface area contributed by atoms with Gasteiger partial charge in [-0.3, -0.25) is 10.1 Å². The van der Waals surface area contributed by atoms with Gasteiger partial charge in [0.15, 0.2) is 5.82 Å². The fourth-order valence-corrected chi connectivity index (χ4v) is 1.72. The molecule has 2 aromatic rings. The van der Waals surface area contributed by atoms with E-state index in [1.54, 1.807) is 30.3 Å². The molecule has 20 heavy (non-hydrogen) atoms. The van der Waals surface area contributed by atoms with Crippen molar-refractivity contribution in [3.05, 3.63) is 70.0 Å². The number of rotatable bonds is 5. The summed E-state index contributed by atoms with van der Waals surface area (Å²) in [5, 5.41) is 20.7. The van der Waals surface area contributed by atoms with Gasteiger partial charge in [0.25, 0.3) is 0 Å². The van der Waals surface area contributed by atoms with E-state index in [4.69, 9.17) is 4.74 Å². The number of nitrogens with zero attached hydrogens (tertiary/aromatic N) is 1. The fourth-order valence-electron chi connectivity index (χ4n) is 1.72. The molecule has 0 bridgehead atoms. The van der Waals surface area contributed by atoms with Gasteiger partial charge in [-0.05, 0) is 11.6 Å². The predicted octanol–water partition coefficient (Wildman–Crippen LogP) is 2.85. The van der Waals surface area contributed by atoms with Crippen molar-refractivity contribution in [3.63, 3.8) is 0 Å². The highest BCUT2D eigenvalue weighted by Gasteiger charge is 2.20. The van der Waals surface area contributed by atoms with Gasteiger partial charge in [0, 0.05) is 6.07 Å². The lowest BCUT2D eigenvalue weighted by atomic mass is 10.1. The second-order valence-corrected chi connectivity index (χ2v) is 4.08. The fraction of sp³-hybridized carbons (Fsp3) is 0.143. The van der Waals surface area contributed by atoms with Crippen LogP contribution >= 0.6 is 0 Å². The molecule has 0 fully saturated rings. The Labute approximate surface area is 114 Å². The maximum atomic E-state index is 13.6. The Bertz CT molecular complexity index is 603. The molecule has 0 heterocycles. The molecule has 1 atom stereocenters. The molecule has 104 valence electrons. The standard InChI is InChI=1S/C14H12FNO4/c15-11-7-4-8-12(16(18)19)14(11)20-9-13(17)10-5-2-1-3-6-10/h1-8,13,17H,9H2. The Kier molecular flexibility index (Phi) is 4.27. The summed E-state index contributed by atoms with van der Waals surface area (Å²) in [4.78, 5) is 10.1. The second kappa shape index (κ2) is 6.12. The van der Waals surface area contributed by atoms with Crippen LogP contribution in [0, 0.1) is 15.9 Å². The Balaban J connectivity index is 2.13. The molecule has 0 aliphatic carbocycles. The largest absolute Gasteiger partial charge is 0.482 e. The lowest BCUT2D eigenvalue weighted by molar-refractivity contribution is -0.386. The number of benzene rings is 2. The molecule has 6 heteroatoms. The molecule has 0 saturated carbocycles. The summed E-state index contributed by atoms with van der Waals surface area (Å²) in [7, 11) is 0. The van der Waals surface area contributed by atoms with E-state index in [9.17, 15) is 19.6 Å². The third-order valence-electron chi connectivity index (χ3n) is 2.71. The SMILES string of the molecule is O=[N+]([O-])c1cccc(F)c1OCC(O)c1ccccc1. The van der Waals surface area contributed by atoms with E-state index < -0.39 is 28.3 Å². The van der Waals surface area contributed by atoms with Crippen molar-refractivity contribution in [1.29, 1.82) is 0 Å². The number of nitro benzene ring substituents is 1. The van der Waals surface area contributed by atoms with E-state index in [-0.39, 0.29) is 6.61 Å². The minimum absolute atomic E-state index is 0.272. The minimum atomic E-state index is -0.990. The summed E-state index contributed by atoms with van der Waals surface area (Å²) < 4.78 is 18.6. The van der Waals surface area contributed by atoms with Crippen LogP contribution in [0.2, 0.25) is 0 Å². The Morgan fingerprint density at radius 1 is 1.20 bits per heavy atom. The second-order valence-electron chi connectivity index (χ2n) is 4.08. The molecule has 0 aliphatic rings. The molecule has 0 saturated heterocycles. The molecule has 0 aliphatic heterocycles. The highest BCUT2D eigenvalue weighted by molar-refractivity contribution is 5.46. The maximum Gasteiger partial charge on any atom is 0.314 e. The Morgan fingerprint density at radius 2 is 1.90 bits per heavy atom. The van der Waals surface area contributed by atoms with Crippen LogP contribution in [0.3, 0.4) is 0 Å². The van der Waals surface area contributed by atoms with Gasteiger partial charge < -0.3 is 9.84 Å². The van der Waals surface area contributed by atoms with E-state index in [0.717, 1.165) is 12.1 Å². The van der Waals surface area contributed by atoms with Crippen molar-refractivity contribution in [3.8, 4) is 5.75 Å². The van der Waals surface area contributed by atoms with Crippen LogP contribution in [0.4, 0.5) is 10.1 Å². The zero-order chi connectivity index (χ0) is 14.5. The van der Waals surface area contributed by atoms with Crippen LogP contribution in [-0.2, 0) is 0 Å². The average Bonchev–Trinajstić information content (AvgIpc) is 2.46. The number of halogens is 1. The van der Waals surface area contributed by atoms with E-state index in [0.29, 0.717) is 5.56 Å². The summed E-state index contributed by atoms with van der Waals surface area (Å²) in [6.07, 6.45) is -0.990. The van der Waals surface area contributed by atoms with Gasteiger partial charge in [-0.15, -0.1) is 0 Å². The molecular formula is C14H12FNO4. The van der Waals surface area contributed by atoms with Gasteiger partial charge in [0.2, 0.25) is 5.75 Å². The zero-order valence-electron chi connectivity index (χ0n) is 10.4. The molecule has 2 aromatic carbocycles. The van der Waals surface area contributed by atoms with Crippen molar-refractivity contribution >= 4 is 5.69 Å². The molecule has 5 nitrogen and oxygen atoms in total. The summed E-state index contributed by atoms with van der Waals surface area (Å²) in [5.41, 5.74) is 0.122. The quantitative estimate of drug-likeness (QED) is 0.673. The molecule has 0 aromatic heterocycles. The van der Waals surface area contributed by atoms with Crippen molar-refractivity contribution in [1.82, 2.24) is 0 Å². The monoisotopic (exact) mass is 277 g/mol. The van der Waals surface area contributed by atoms with Gasteiger partial charge in [-0.2, -0.15) is 0 Å². The maximum absolute atomic E-state index is 13.6. The number of ether oxygens (including phenoxy) is 1. The number of hydrogen-bond acceptors (Lipinski definition) is 4. The van der Waals surface area contributed by atoms with Gasteiger partial charge in [0.1, 0.15) is 12.7 Å². The average molecular weight is 277 g/mol. The Morgan fingerprint density at radius 3 is 2.55 bits per heavy atom. The summed E-state index contributed by atoms with van der Waals surface area (Å²) in [6, 6.07) is 12.1. The van der Waals surface area contributed by atoms with Crippen LogP contribution in [0.5, 0.6) is 5.75 Å². The summed E-state index contributed by atoms with van der Waals surface area (Å²) in [6.45, 7) is -0.272. The van der Waals surface area contributed by atoms with Crippen LogP contribution in [0.15, 0.2) is 48.5 Å². The highest BCUT2D eigenvalue weighted by Crippen LogP contribution is 2.30. The number of aliphatic hydroxyl groups excluding tert-OH is 1. The number of para-hydroxylation sites is 1. The number of hydrogen-bond donors (Lipinski definition) is 1. The lowest BCUT2D eigenvalue weighted by Crippen LogP contribution is -2.11. The minimum Gasteiger partial charge on any atom is -0.482 e. The van der Waals surface area contributed by atoms with Crippen molar-refractivity contribution in [2.24, 2.45) is 0 Å². The van der Waals surface area contributed by atoms with E-state index in [2.05, 4.69) is 0 Å². The first-order chi connectivity index (χ1) is 9.59. The summed E-state index contributed by atoms with van der Waals surface area (Å²) in [5.74, 6) is -1.30. The number of nitro groups is 1.